The quantitative estimate of drug-likeness (QED) is 0.713. The Morgan fingerprint density at radius 1 is 1.17 bits per heavy atom. The highest BCUT2D eigenvalue weighted by Crippen LogP contribution is 2.31. The number of hydrogen-bond donors (Lipinski definition) is 0. The van der Waals surface area contributed by atoms with E-state index in [0.29, 0.717) is 35.7 Å². The summed E-state index contributed by atoms with van der Waals surface area (Å²) in [6, 6.07) is 5.88. The Morgan fingerprint density at radius 2 is 1.79 bits per heavy atom. The van der Waals surface area contributed by atoms with Crippen LogP contribution in [0.1, 0.15) is 31.0 Å². The van der Waals surface area contributed by atoms with Gasteiger partial charge in [0.15, 0.2) is 6.29 Å². The fourth-order valence-electron chi connectivity index (χ4n) is 2.86. The van der Waals surface area contributed by atoms with E-state index in [2.05, 4.69) is 9.97 Å². The van der Waals surface area contributed by atoms with Crippen LogP contribution in [0.2, 0.25) is 0 Å². The topological polar surface area (TPSA) is 81.6 Å². The van der Waals surface area contributed by atoms with Crippen LogP contribution < -0.4 is 4.31 Å². The summed E-state index contributed by atoms with van der Waals surface area (Å²) in [5, 5.41) is 0. The van der Waals surface area contributed by atoms with E-state index >= 15 is 0 Å². The standard InChI is InChI=1S/C20H24FN3O4S/c1-13(2)18-16(9-10-17-27-11-12-28-17)19(14-5-7-15(21)8-6-14)23-20(22-18)24(3)29(4,25)26/h5-10,13,17H,11-12H2,1-4H3/b10-9+. The van der Waals surface area contributed by atoms with E-state index < -0.39 is 16.3 Å². The molecule has 2 heterocycles. The summed E-state index contributed by atoms with van der Waals surface area (Å²) in [5.74, 6) is -0.333. The van der Waals surface area contributed by atoms with Crippen LogP contribution in [0.25, 0.3) is 17.3 Å². The number of sulfonamides is 1. The van der Waals surface area contributed by atoms with Gasteiger partial charge in [-0.05, 0) is 42.3 Å². The predicted octanol–water partition coefficient (Wildman–Crippen LogP) is 3.19. The van der Waals surface area contributed by atoms with Crippen LogP contribution in [0, 0.1) is 5.82 Å². The average molecular weight is 421 g/mol. The molecule has 0 spiro atoms. The normalized spacial score (nSPS) is 15.5. The van der Waals surface area contributed by atoms with Gasteiger partial charge >= 0.3 is 0 Å². The number of nitrogens with zero attached hydrogens (tertiary/aromatic N) is 3. The van der Waals surface area contributed by atoms with Gasteiger partial charge in [-0.15, -0.1) is 0 Å². The van der Waals surface area contributed by atoms with Crippen molar-refractivity contribution in [2.75, 3.05) is 30.8 Å². The second kappa shape index (κ2) is 8.56. The zero-order chi connectivity index (χ0) is 21.2. The molecule has 1 aromatic carbocycles. The van der Waals surface area contributed by atoms with E-state index in [0.717, 1.165) is 10.6 Å². The Kier molecular flexibility index (Phi) is 6.30. The fraction of sp³-hybridized carbons (Fsp3) is 0.400. The molecule has 3 rings (SSSR count). The van der Waals surface area contributed by atoms with Gasteiger partial charge in [-0.3, -0.25) is 0 Å². The first-order chi connectivity index (χ1) is 13.7. The van der Waals surface area contributed by atoms with Crippen LogP contribution in [-0.4, -0.2) is 51.2 Å². The lowest BCUT2D eigenvalue weighted by Gasteiger charge is -2.20. The van der Waals surface area contributed by atoms with Crippen molar-refractivity contribution in [2.24, 2.45) is 0 Å². The number of ether oxygens (including phenoxy) is 2. The maximum atomic E-state index is 13.5. The fourth-order valence-corrected chi connectivity index (χ4v) is 3.24. The van der Waals surface area contributed by atoms with Crippen molar-refractivity contribution in [2.45, 2.75) is 26.1 Å². The molecule has 0 amide bonds. The molecule has 1 aliphatic heterocycles. The van der Waals surface area contributed by atoms with Crippen LogP contribution in [-0.2, 0) is 19.5 Å². The van der Waals surface area contributed by atoms with Gasteiger partial charge in [-0.2, -0.15) is 0 Å². The molecule has 1 saturated heterocycles. The monoisotopic (exact) mass is 421 g/mol. The van der Waals surface area contributed by atoms with E-state index in [9.17, 15) is 12.8 Å². The molecule has 1 aromatic heterocycles. The molecule has 0 N–H and O–H groups in total. The van der Waals surface area contributed by atoms with Crippen LogP contribution in [0.4, 0.5) is 10.3 Å². The van der Waals surface area contributed by atoms with Crippen LogP contribution in [0.5, 0.6) is 0 Å². The van der Waals surface area contributed by atoms with Gasteiger partial charge in [-0.1, -0.05) is 13.8 Å². The smallest absolute Gasteiger partial charge is 0.239 e. The summed E-state index contributed by atoms with van der Waals surface area (Å²) < 4.78 is 49.5. The Labute approximate surface area is 170 Å². The first kappa shape index (κ1) is 21.4. The minimum absolute atomic E-state index is 0.0195. The molecule has 0 unspecified atom stereocenters. The third-order valence-corrected chi connectivity index (χ3v) is 5.63. The maximum Gasteiger partial charge on any atom is 0.239 e. The van der Waals surface area contributed by atoms with E-state index in [1.165, 1.54) is 19.2 Å². The van der Waals surface area contributed by atoms with Crippen LogP contribution in [0.3, 0.4) is 0 Å². The third kappa shape index (κ3) is 4.98. The van der Waals surface area contributed by atoms with Gasteiger partial charge in [-0.25, -0.2) is 27.1 Å². The summed E-state index contributed by atoms with van der Waals surface area (Å²) in [6.45, 7) is 4.96. The zero-order valence-electron chi connectivity index (χ0n) is 16.8. The summed E-state index contributed by atoms with van der Waals surface area (Å²) in [5.41, 5.74) is 2.52. The summed E-state index contributed by atoms with van der Waals surface area (Å²) in [7, 11) is -2.15. The van der Waals surface area contributed by atoms with Gasteiger partial charge in [0.05, 0.1) is 30.9 Å². The van der Waals surface area contributed by atoms with Crippen molar-refractivity contribution in [1.29, 1.82) is 0 Å². The summed E-state index contributed by atoms with van der Waals surface area (Å²) in [6.07, 6.45) is 4.21. The van der Waals surface area contributed by atoms with E-state index in [-0.39, 0.29) is 17.7 Å². The molecule has 0 aliphatic carbocycles. The minimum Gasteiger partial charge on any atom is -0.347 e. The van der Waals surface area contributed by atoms with Crippen molar-refractivity contribution >= 4 is 22.0 Å². The molecular weight excluding hydrogens is 397 g/mol. The number of anilines is 1. The van der Waals surface area contributed by atoms with Gasteiger partial charge in [0.1, 0.15) is 5.82 Å². The molecule has 0 bridgehead atoms. The van der Waals surface area contributed by atoms with Crippen LogP contribution >= 0.6 is 0 Å². The van der Waals surface area contributed by atoms with Crippen molar-refractivity contribution < 1.29 is 22.3 Å². The summed E-state index contributed by atoms with van der Waals surface area (Å²) >= 11 is 0. The Bertz CT molecular complexity index is 1000. The number of benzene rings is 1. The van der Waals surface area contributed by atoms with Crippen LogP contribution in [0.15, 0.2) is 30.3 Å². The van der Waals surface area contributed by atoms with Crippen molar-refractivity contribution in [3.05, 3.63) is 47.4 Å². The SMILES string of the molecule is CC(C)c1nc(N(C)S(C)(=O)=O)nc(-c2ccc(F)cc2)c1/C=C/C1OCCO1. The van der Waals surface area contributed by atoms with Crippen molar-refractivity contribution in [3.8, 4) is 11.3 Å². The molecular formula is C20H24FN3O4S. The Morgan fingerprint density at radius 3 is 2.34 bits per heavy atom. The molecule has 2 aromatic rings. The van der Waals surface area contributed by atoms with Gasteiger partial charge in [0.2, 0.25) is 16.0 Å². The predicted molar refractivity (Wildman–Crippen MR) is 109 cm³/mol. The van der Waals surface area contributed by atoms with Gasteiger partial charge in [0, 0.05) is 18.2 Å². The van der Waals surface area contributed by atoms with Crippen molar-refractivity contribution in [1.82, 2.24) is 9.97 Å². The first-order valence-corrected chi connectivity index (χ1v) is 11.0. The largest absolute Gasteiger partial charge is 0.347 e. The molecule has 9 heteroatoms. The van der Waals surface area contributed by atoms with E-state index in [1.807, 2.05) is 19.9 Å². The minimum atomic E-state index is -3.55. The lowest BCUT2D eigenvalue weighted by Crippen LogP contribution is -2.27. The molecule has 0 saturated carbocycles. The molecule has 29 heavy (non-hydrogen) atoms. The van der Waals surface area contributed by atoms with E-state index in [4.69, 9.17) is 9.47 Å². The first-order valence-electron chi connectivity index (χ1n) is 9.20. The second-order valence-corrected chi connectivity index (χ2v) is 9.05. The highest BCUT2D eigenvalue weighted by molar-refractivity contribution is 7.92. The third-order valence-electron chi connectivity index (χ3n) is 4.47. The number of halogens is 1. The van der Waals surface area contributed by atoms with Gasteiger partial charge in [0.25, 0.3) is 0 Å². The summed E-state index contributed by atoms with van der Waals surface area (Å²) in [4.78, 5) is 9.02. The molecule has 0 radical (unpaired) electrons. The van der Waals surface area contributed by atoms with E-state index in [1.54, 1.807) is 18.2 Å². The highest BCUT2D eigenvalue weighted by atomic mass is 32.2. The Hall–Kier alpha value is -2.36. The average Bonchev–Trinajstić information content (AvgIpc) is 3.18. The number of hydrogen-bond acceptors (Lipinski definition) is 6. The molecule has 7 nitrogen and oxygen atoms in total. The second-order valence-electron chi connectivity index (χ2n) is 7.03. The Balaban J connectivity index is 2.21. The number of aromatic nitrogens is 2. The van der Waals surface area contributed by atoms with Crippen molar-refractivity contribution in [3.63, 3.8) is 0 Å². The molecule has 156 valence electrons. The zero-order valence-corrected chi connectivity index (χ0v) is 17.6. The maximum absolute atomic E-state index is 13.5. The lowest BCUT2D eigenvalue weighted by molar-refractivity contribution is -0.000910. The number of rotatable bonds is 6. The lowest BCUT2D eigenvalue weighted by atomic mass is 9.98. The molecule has 1 fully saturated rings. The van der Waals surface area contributed by atoms with Gasteiger partial charge < -0.3 is 9.47 Å². The molecule has 1 aliphatic rings. The molecule has 0 atom stereocenters. The highest BCUT2D eigenvalue weighted by Gasteiger charge is 2.22.